The van der Waals surface area contributed by atoms with Crippen molar-refractivity contribution in [2.75, 3.05) is 0 Å². The zero-order chi connectivity index (χ0) is 24.8. The Hall–Kier alpha value is -2.71. The van der Waals surface area contributed by atoms with Crippen LogP contribution in [0.15, 0.2) is 24.3 Å². The molecule has 0 radical (unpaired) electrons. The van der Waals surface area contributed by atoms with Crippen molar-refractivity contribution >= 4 is 18.1 Å². The standard InChI is InChI=1S/C25H30F2O7/c1-13(2)20(25(26,27)22(29)30)33-21(28)14-7-9-16(10-8-14)32-23(31)34-24(3)12-15-11-19(24)18-6-4-5-17(15)18/h7-10,13,15,17-20H,4-6,11-12H2,1-3H3,(H,29,30)/t15-,17?,18?,19?,20?,24?/m1/s1. The number of fused-ring (bicyclic) bond motifs is 5. The van der Waals surface area contributed by atoms with Crippen LogP contribution in [0.4, 0.5) is 13.6 Å². The number of hydrogen-bond donors (Lipinski definition) is 1. The molecule has 1 aromatic carbocycles. The molecule has 0 amide bonds. The molecule has 0 aliphatic heterocycles. The molecule has 7 nitrogen and oxygen atoms in total. The van der Waals surface area contributed by atoms with E-state index in [1.165, 1.54) is 57.4 Å². The highest BCUT2D eigenvalue weighted by atomic mass is 19.3. The van der Waals surface area contributed by atoms with E-state index < -0.39 is 41.6 Å². The molecule has 1 aromatic rings. The molecule has 3 fully saturated rings. The van der Waals surface area contributed by atoms with Gasteiger partial charge < -0.3 is 19.3 Å². The van der Waals surface area contributed by atoms with Crippen molar-refractivity contribution in [2.24, 2.45) is 29.6 Å². The molecular weight excluding hydrogens is 450 g/mol. The van der Waals surface area contributed by atoms with E-state index in [4.69, 9.17) is 19.3 Å². The second kappa shape index (κ2) is 8.82. The fourth-order valence-corrected chi connectivity index (χ4v) is 6.40. The van der Waals surface area contributed by atoms with Gasteiger partial charge in [0.1, 0.15) is 11.4 Å². The number of ether oxygens (including phenoxy) is 3. The summed E-state index contributed by atoms with van der Waals surface area (Å²) in [6, 6.07) is 5.16. The second-order valence-corrected chi connectivity index (χ2v) is 10.4. The molecule has 0 aromatic heterocycles. The predicted octanol–water partition coefficient (Wildman–Crippen LogP) is 5.32. The van der Waals surface area contributed by atoms with Gasteiger partial charge in [-0.3, -0.25) is 0 Å². The van der Waals surface area contributed by atoms with Gasteiger partial charge in [-0.1, -0.05) is 20.3 Å². The zero-order valence-electron chi connectivity index (χ0n) is 19.5. The van der Waals surface area contributed by atoms with Crippen molar-refractivity contribution in [3.63, 3.8) is 0 Å². The first-order valence-corrected chi connectivity index (χ1v) is 11.8. The van der Waals surface area contributed by atoms with Gasteiger partial charge in [0.2, 0.25) is 0 Å². The minimum absolute atomic E-state index is 0.0834. The maximum absolute atomic E-state index is 13.9. The number of carbonyl (C=O) groups excluding carboxylic acids is 2. The molecule has 0 saturated heterocycles. The number of alkyl halides is 2. The lowest BCUT2D eigenvalue weighted by molar-refractivity contribution is -0.187. The van der Waals surface area contributed by atoms with Crippen LogP contribution < -0.4 is 4.74 Å². The van der Waals surface area contributed by atoms with Gasteiger partial charge in [0, 0.05) is 5.92 Å². The largest absolute Gasteiger partial charge is 0.514 e. The quantitative estimate of drug-likeness (QED) is 0.417. The lowest BCUT2D eigenvalue weighted by Crippen LogP contribution is -2.47. The summed E-state index contributed by atoms with van der Waals surface area (Å²) in [6.07, 6.45) is 2.68. The average molecular weight is 481 g/mol. The number of halogens is 2. The normalized spacial score (nSPS) is 30.6. The molecule has 34 heavy (non-hydrogen) atoms. The second-order valence-electron chi connectivity index (χ2n) is 10.4. The Morgan fingerprint density at radius 3 is 2.38 bits per heavy atom. The predicted molar refractivity (Wildman–Crippen MR) is 116 cm³/mol. The van der Waals surface area contributed by atoms with Gasteiger partial charge >= 0.3 is 24.0 Å². The molecule has 5 unspecified atom stereocenters. The number of carboxylic acids is 1. The number of rotatable bonds is 7. The fourth-order valence-electron chi connectivity index (χ4n) is 6.40. The van der Waals surface area contributed by atoms with E-state index in [0.29, 0.717) is 17.8 Å². The van der Waals surface area contributed by atoms with Crippen molar-refractivity contribution in [1.82, 2.24) is 0 Å². The summed E-state index contributed by atoms with van der Waals surface area (Å²) in [6.45, 7) is 4.65. The number of esters is 1. The fraction of sp³-hybridized carbons (Fsp3) is 0.640. The first-order valence-electron chi connectivity index (χ1n) is 11.8. The minimum atomic E-state index is -4.23. The Balaban J connectivity index is 1.35. The monoisotopic (exact) mass is 480 g/mol. The van der Waals surface area contributed by atoms with E-state index in [-0.39, 0.29) is 11.3 Å². The summed E-state index contributed by atoms with van der Waals surface area (Å²) in [5, 5.41) is 8.76. The summed E-state index contributed by atoms with van der Waals surface area (Å²) in [5.74, 6) is -6.17. The van der Waals surface area contributed by atoms with Crippen LogP contribution in [-0.2, 0) is 14.3 Å². The van der Waals surface area contributed by atoms with Crippen LogP contribution in [0.5, 0.6) is 5.75 Å². The van der Waals surface area contributed by atoms with Crippen LogP contribution >= 0.6 is 0 Å². The van der Waals surface area contributed by atoms with E-state index >= 15 is 0 Å². The lowest BCUT2D eigenvalue weighted by Gasteiger charge is -2.39. The maximum atomic E-state index is 13.9. The smallest absolute Gasteiger partial charge is 0.477 e. The van der Waals surface area contributed by atoms with Gasteiger partial charge in [0.25, 0.3) is 0 Å². The van der Waals surface area contributed by atoms with Gasteiger partial charge in [-0.25, -0.2) is 14.4 Å². The molecule has 1 N–H and O–H groups in total. The van der Waals surface area contributed by atoms with Crippen molar-refractivity contribution in [2.45, 2.75) is 70.5 Å². The van der Waals surface area contributed by atoms with Crippen molar-refractivity contribution in [1.29, 1.82) is 0 Å². The first kappa shape index (κ1) is 24.4. The Bertz CT molecular complexity index is 961. The van der Waals surface area contributed by atoms with Crippen LogP contribution in [0.3, 0.4) is 0 Å². The highest BCUT2D eigenvalue weighted by Gasteiger charge is 2.61. The number of hydrogen-bond acceptors (Lipinski definition) is 6. The maximum Gasteiger partial charge on any atom is 0.514 e. The topological polar surface area (TPSA) is 99.1 Å². The molecule has 4 rings (SSSR count). The van der Waals surface area contributed by atoms with E-state index in [2.05, 4.69) is 0 Å². The Morgan fingerprint density at radius 1 is 1.12 bits per heavy atom. The van der Waals surface area contributed by atoms with Crippen molar-refractivity contribution in [3.05, 3.63) is 29.8 Å². The number of carboxylic acid groups (broad SMARTS) is 1. The van der Waals surface area contributed by atoms with Crippen LogP contribution in [-0.4, -0.2) is 40.8 Å². The van der Waals surface area contributed by atoms with Gasteiger partial charge in [0.05, 0.1) is 5.56 Å². The Morgan fingerprint density at radius 2 is 1.76 bits per heavy atom. The lowest BCUT2D eigenvalue weighted by atomic mass is 9.74. The van der Waals surface area contributed by atoms with Crippen molar-refractivity contribution < 1.29 is 42.5 Å². The highest BCUT2D eigenvalue weighted by Crippen LogP contribution is 2.63. The molecule has 2 bridgehead atoms. The Kier molecular flexibility index (Phi) is 6.33. The molecule has 186 valence electrons. The molecule has 0 heterocycles. The van der Waals surface area contributed by atoms with E-state index in [9.17, 15) is 23.2 Å². The summed E-state index contributed by atoms with van der Waals surface area (Å²) >= 11 is 0. The molecule has 3 aliphatic rings. The number of aliphatic carboxylic acids is 1. The number of carbonyl (C=O) groups is 3. The first-order chi connectivity index (χ1) is 15.9. The minimum Gasteiger partial charge on any atom is -0.477 e. The summed E-state index contributed by atoms with van der Waals surface area (Å²) in [5.41, 5.74) is -0.627. The molecule has 9 heteroatoms. The van der Waals surface area contributed by atoms with E-state index in [0.717, 1.165) is 18.8 Å². The molecule has 6 atom stereocenters. The third kappa shape index (κ3) is 4.36. The number of benzene rings is 1. The summed E-state index contributed by atoms with van der Waals surface area (Å²) in [7, 11) is 0. The molecular formula is C25H30F2O7. The third-order valence-corrected chi connectivity index (χ3v) is 7.85. The van der Waals surface area contributed by atoms with Crippen molar-refractivity contribution in [3.8, 4) is 5.75 Å². The van der Waals surface area contributed by atoms with Crippen LogP contribution in [0.2, 0.25) is 0 Å². The average Bonchev–Trinajstić information content (AvgIpc) is 3.44. The zero-order valence-corrected chi connectivity index (χ0v) is 19.5. The van der Waals surface area contributed by atoms with E-state index in [1.54, 1.807) is 0 Å². The SMILES string of the molecule is CC(C)C(OC(=O)c1ccc(OC(=O)OC2(C)C[C@H]3CC2C2CCCC23)cc1)C(F)(F)C(=O)O. The summed E-state index contributed by atoms with van der Waals surface area (Å²) < 4.78 is 43.7. The molecule has 0 spiro atoms. The van der Waals surface area contributed by atoms with Gasteiger partial charge in [-0.2, -0.15) is 8.78 Å². The van der Waals surface area contributed by atoms with Gasteiger partial charge in [-0.15, -0.1) is 0 Å². The van der Waals surface area contributed by atoms with Crippen LogP contribution in [0.1, 0.15) is 63.2 Å². The molecule has 3 saturated carbocycles. The Labute approximate surface area is 196 Å². The van der Waals surface area contributed by atoms with Crippen LogP contribution in [0, 0.1) is 29.6 Å². The van der Waals surface area contributed by atoms with E-state index in [1.807, 2.05) is 6.92 Å². The van der Waals surface area contributed by atoms with Gasteiger partial charge in [-0.05, 0) is 80.5 Å². The van der Waals surface area contributed by atoms with Crippen LogP contribution in [0.25, 0.3) is 0 Å². The van der Waals surface area contributed by atoms with Gasteiger partial charge in [0.15, 0.2) is 6.10 Å². The molecule has 3 aliphatic carbocycles. The summed E-state index contributed by atoms with van der Waals surface area (Å²) in [4.78, 5) is 35.7. The third-order valence-electron chi connectivity index (χ3n) is 7.85. The highest BCUT2D eigenvalue weighted by molar-refractivity contribution is 5.90.